The minimum atomic E-state index is 0.658. The third-order valence-corrected chi connectivity index (χ3v) is 3.03. The first-order valence-corrected chi connectivity index (χ1v) is 5.66. The highest BCUT2D eigenvalue weighted by molar-refractivity contribution is 5.54. The SMILES string of the molecule is C=Cc1cc(N2CCC(COC)C2)ccn1. The maximum atomic E-state index is 5.20. The van der Waals surface area contributed by atoms with Crippen molar-refractivity contribution in [3.8, 4) is 0 Å². The maximum Gasteiger partial charge on any atom is 0.0644 e. The molecule has 0 spiro atoms. The lowest BCUT2D eigenvalue weighted by molar-refractivity contribution is 0.161. The Labute approximate surface area is 96.7 Å². The van der Waals surface area contributed by atoms with Gasteiger partial charge >= 0.3 is 0 Å². The second kappa shape index (κ2) is 5.12. The van der Waals surface area contributed by atoms with Gasteiger partial charge in [-0.2, -0.15) is 0 Å². The zero-order chi connectivity index (χ0) is 11.4. The third kappa shape index (κ3) is 2.42. The summed E-state index contributed by atoms with van der Waals surface area (Å²) in [6, 6.07) is 4.14. The quantitative estimate of drug-likeness (QED) is 0.774. The van der Waals surface area contributed by atoms with Crippen molar-refractivity contribution in [2.45, 2.75) is 6.42 Å². The highest BCUT2D eigenvalue weighted by Crippen LogP contribution is 2.24. The van der Waals surface area contributed by atoms with Gasteiger partial charge in [0.05, 0.1) is 12.3 Å². The van der Waals surface area contributed by atoms with E-state index in [1.54, 1.807) is 13.2 Å². The maximum absolute atomic E-state index is 5.20. The van der Waals surface area contributed by atoms with Crippen LogP contribution < -0.4 is 4.90 Å². The number of hydrogen-bond acceptors (Lipinski definition) is 3. The Morgan fingerprint density at radius 3 is 3.31 bits per heavy atom. The van der Waals surface area contributed by atoms with Crippen LogP contribution in [-0.2, 0) is 4.74 Å². The van der Waals surface area contributed by atoms with Crippen LogP contribution in [0.15, 0.2) is 24.9 Å². The van der Waals surface area contributed by atoms with E-state index in [0.29, 0.717) is 5.92 Å². The fourth-order valence-corrected chi connectivity index (χ4v) is 2.18. The minimum absolute atomic E-state index is 0.658. The van der Waals surface area contributed by atoms with Gasteiger partial charge in [-0.3, -0.25) is 4.98 Å². The van der Waals surface area contributed by atoms with Gasteiger partial charge in [0, 0.05) is 38.0 Å². The van der Waals surface area contributed by atoms with Gasteiger partial charge in [0.2, 0.25) is 0 Å². The van der Waals surface area contributed by atoms with Crippen molar-refractivity contribution in [2.75, 3.05) is 31.7 Å². The number of nitrogens with zero attached hydrogens (tertiary/aromatic N) is 2. The van der Waals surface area contributed by atoms with E-state index in [4.69, 9.17) is 4.74 Å². The normalized spacial score (nSPS) is 20.1. The van der Waals surface area contributed by atoms with Crippen LogP contribution in [0.4, 0.5) is 5.69 Å². The van der Waals surface area contributed by atoms with Gasteiger partial charge in [-0.05, 0) is 24.6 Å². The molecule has 3 heteroatoms. The number of rotatable bonds is 4. The molecule has 0 N–H and O–H groups in total. The van der Waals surface area contributed by atoms with Gasteiger partial charge < -0.3 is 9.64 Å². The molecular formula is C13H18N2O. The van der Waals surface area contributed by atoms with Crippen LogP contribution in [0.2, 0.25) is 0 Å². The first-order valence-electron chi connectivity index (χ1n) is 5.66. The standard InChI is InChI=1S/C13H18N2O/c1-3-12-8-13(4-6-14-12)15-7-5-11(9-15)10-16-2/h3-4,6,8,11H,1,5,7,9-10H2,2H3. The molecule has 0 aromatic carbocycles. The van der Waals surface area contributed by atoms with Crippen LogP contribution in [0.25, 0.3) is 6.08 Å². The summed E-state index contributed by atoms with van der Waals surface area (Å²) in [6.45, 7) is 6.78. The number of methoxy groups -OCH3 is 1. The molecule has 1 fully saturated rings. The highest BCUT2D eigenvalue weighted by Gasteiger charge is 2.22. The van der Waals surface area contributed by atoms with Crippen LogP contribution in [0.1, 0.15) is 12.1 Å². The van der Waals surface area contributed by atoms with E-state index in [-0.39, 0.29) is 0 Å². The summed E-state index contributed by atoms with van der Waals surface area (Å²) in [7, 11) is 1.77. The van der Waals surface area contributed by atoms with E-state index in [1.807, 2.05) is 6.20 Å². The lowest BCUT2D eigenvalue weighted by Gasteiger charge is -2.18. The van der Waals surface area contributed by atoms with Crippen molar-refractivity contribution in [3.05, 3.63) is 30.6 Å². The van der Waals surface area contributed by atoms with E-state index in [2.05, 4.69) is 28.6 Å². The average Bonchev–Trinajstić information content (AvgIpc) is 2.78. The predicted molar refractivity (Wildman–Crippen MR) is 66.5 cm³/mol. The van der Waals surface area contributed by atoms with E-state index < -0.39 is 0 Å². The van der Waals surface area contributed by atoms with Crippen molar-refractivity contribution < 1.29 is 4.74 Å². The summed E-state index contributed by atoms with van der Waals surface area (Å²) >= 11 is 0. The largest absolute Gasteiger partial charge is 0.384 e. The molecule has 1 aromatic heterocycles. The van der Waals surface area contributed by atoms with Crippen molar-refractivity contribution in [1.29, 1.82) is 0 Å². The van der Waals surface area contributed by atoms with Gasteiger partial charge in [-0.15, -0.1) is 0 Å². The summed E-state index contributed by atoms with van der Waals surface area (Å²) in [5.74, 6) is 0.658. The first kappa shape index (κ1) is 11.1. The van der Waals surface area contributed by atoms with Crippen LogP contribution in [-0.4, -0.2) is 31.8 Å². The Kier molecular flexibility index (Phi) is 3.57. The van der Waals surface area contributed by atoms with Gasteiger partial charge in [0.25, 0.3) is 0 Å². The number of anilines is 1. The number of hydrogen-bond donors (Lipinski definition) is 0. The number of ether oxygens (including phenoxy) is 1. The van der Waals surface area contributed by atoms with Crippen molar-refractivity contribution in [2.24, 2.45) is 5.92 Å². The summed E-state index contributed by atoms with van der Waals surface area (Å²) in [5, 5.41) is 0. The third-order valence-electron chi connectivity index (χ3n) is 3.03. The summed E-state index contributed by atoms with van der Waals surface area (Å²) in [6.07, 6.45) is 4.84. The van der Waals surface area contributed by atoms with E-state index in [9.17, 15) is 0 Å². The van der Waals surface area contributed by atoms with Gasteiger partial charge in [-0.25, -0.2) is 0 Å². The second-order valence-corrected chi connectivity index (χ2v) is 4.20. The number of aromatic nitrogens is 1. The van der Waals surface area contributed by atoms with Gasteiger partial charge in [0.15, 0.2) is 0 Å². The van der Waals surface area contributed by atoms with Crippen molar-refractivity contribution >= 4 is 11.8 Å². The Bertz CT molecular complexity index is 365. The van der Waals surface area contributed by atoms with Gasteiger partial charge in [-0.1, -0.05) is 6.58 Å². The number of pyridine rings is 1. The average molecular weight is 218 g/mol. The van der Waals surface area contributed by atoms with Crippen LogP contribution in [0.3, 0.4) is 0 Å². The second-order valence-electron chi connectivity index (χ2n) is 4.20. The molecular weight excluding hydrogens is 200 g/mol. The fourth-order valence-electron chi connectivity index (χ4n) is 2.18. The minimum Gasteiger partial charge on any atom is -0.384 e. The lowest BCUT2D eigenvalue weighted by atomic mass is 10.1. The van der Waals surface area contributed by atoms with E-state index in [1.165, 1.54) is 12.1 Å². The molecule has 0 amide bonds. The van der Waals surface area contributed by atoms with Crippen LogP contribution >= 0.6 is 0 Å². The van der Waals surface area contributed by atoms with Crippen molar-refractivity contribution in [3.63, 3.8) is 0 Å². The molecule has 86 valence electrons. The molecule has 1 unspecified atom stereocenters. The van der Waals surface area contributed by atoms with Gasteiger partial charge in [0.1, 0.15) is 0 Å². The first-order chi connectivity index (χ1) is 7.83. The van der Waals surface area contributed by atoms with E-state index >= 15 is 0 Å². The summed E-state index contributed by atoms with van der Waals surface area (Å²) in [5.41, 5.74) is 2.18. The molecule has 1 aliphatic heterocycles. The monoisotopic (exact) mass is 218 g/mol. The molecule has 1 aliphatic rings. The molecule has 0 saturated carbocycles. The smallest absolute Gasteiger partial charge is 0.0644 e. The zero-order valence-corrected chi connectivity index (χ0v) is 9.72. The molecule has 1 atom stereocenters. The predicted octanol–water partition coefficient (Wildman–Crippen LogP) is 2.20. The molecule has 1 saturated heterocycles. The highest BCUT2D eigenvalue weighted by atomic mass is 16.5. The molecule has 0 aliphatic carbocycles. The van der Waals surface area contributed by atoms with Crippen molar-refractivity contribution in [1.82, 2.24) is 4.98 Å². The Hall–Kier alpha value is -1.35. The lowest BCUT2D eigenvalue weighted by Crippen LogP contribution is -2.21. The van der Waals surface area contributed by atoms with Crippen LogP contribution in [0, 0.1) is 5.92 Å². The Morgan fingerprint density at radius 1 is 1.69 bits per heavy atom. The molecule has 1 aromatic rings. The molecule has 2 heterocycles. The van der Waals surface area contributed by atoms with E-state index in [0.717, 1.165) is 25.4 Å². The molecule has 2 rings (SSSR count). The van der Waals surface area contributed by atoms with Crippen LogP contribution in [0.5, 0.6) is 0 Å². The Morgan fingerprint density at radius 2 is 2.56 bits per heavy atom. The summed E-state index contributed by atoms with van der Waals surface area (Å²) in [4.78, 5) is 6.60. The zero-order valence-electron chi connectivity index (χ0n) is 9.72. The molecule has 0 radical (unpaired) electrons. The molecule has 3 nitrogen and oxygen atoms in total. The molecule has 16 heavy (non-hydrogen) atoms. The molecule has 0 bridgehead atoms. The summed E-state index contributed by atoms with van der Waals surface area (Å²) < 4.78 is 5.20. The fraction of sp³-hybridized carbons (Fsp3) is 0.462. The topological polar surface area (TPSA) is 25.4 Å². The Balaban J connectivity index is 2.05.